The fraction of sp³-hybridized carbons (Fsp3) is 0.143. The first-order valence-electron chi connectivity index (χ1n) is 3.11. The van der Waals surface area contributed by atoms with Crippen molar-refractivity contribution in [1.29, 1.82) is 0 Å². The van der Waals surface area contributed by atoms with Crippen molar-refractivity contribution < 1.29 is 19.8 Å². The highest BCUT2D eigenvalue weighted by Gasteiger charge is 2.19. The summed E-state index contributed by atoms with van der Waals surface area (Å²) >= 11 is 1.07. The molecule has 0 aliphatic carbocycles. The molecular formula is C7H6O4S. The fourth-order valence-electron chi connectivity index (χ4n) is 0.727. The van der Waals surface area contributed by atoms with Gasteiger partial charge in [-0.15, -0.1) is 11.8 Å². The van der Waals surface area contributed by atoms with Crippen LogP contribution in [0.1, 0.15) is 0 Å². The first-order chi connectivity index (χ1) is 5.61. The standard InChI is InChI=1S/C7H6O4S/c8-6(9)4-1-2-12-5(3-4)7(10)11/h1-3,5H,(H,8,9)(H,10,11). The van der Waals surface area contributed by atoms with Crippen LogP contribution in [-0.2, 0) is 9.59 Å². The highest BCUT2D eigenvalue weighted by atomic mass is 32.2. The highest BCUT2D eigenvalue weighted by molar-refractivity contribution is 8.03. The third-order valence-electron chi connectivity index (χ3n) is 1.29. The molecule has 5 heteroatoms. The van der Waals surface area contributed by atoms with E-state index in [1.807, 2.05) is 0 Å². The first kappa shape index (κ1) is 8.86. The summed E-state index contributed by atoms with van der Waals surface area (Å²) in [6.45, 7) is 0. The molecule has 0 aromatic heterocycles. The molecule has 1 rings (SSSR count). The molecule has 4 nitrogen and oxygen atoms in total. The Bertz CT molecular complexity index is 279. The van der Waals surface area contributed by atoms with Crippen LogP contribution in [0.4, 0.5) is 0 Å². The number of carboxylic acid groups (broad SMARTS) is 2. The van der Waals surface area contributed by atoms with Gasteiger partial charge in [-0.3, -0.25) is 4.79 Å². The lowest BCUT2D eigenvalue weighted by Gasteiger charge is -2.08. The van der Waals surface area contributed by atoms with Gasteiger partial charge in [0.2, 0.25) is 0 Å². The molecule has 12 heavy (non-hydrogen) atoms. The molecule has 0 spiro atoms. The minimum absolute atomic E-state index is 0.0288. The van der Waals surface area contributed by atoms with E-state index in [4.69, 9.17) is 10.2 Å². The van der Waals surface area contributed by atoms with E-state index in [9.17, 15) is 9.59 Å². The maximum absolute atomic E-state index is 10.4. The van der Waals surface area contributed by atoms with Gasteiger partial charge in [-0.1, -0.05) is 0 Å². The summed E-state index contributed by atoms with van der Waals surface area (Å²) in [5.74, 6) is -2.12. The molecule has 0 saturated heterocycles. The Balaban J connectivity index is 2.82. The summed E-state index contributed by atoms with van der Waals surface area (Å²) in [4.78, 5) is 20.8. The van der Waals surface area contributed by atoms with E-state index in [-0.39, 0.29) is 5.57 Å². The van der Waals surface area contributed by atoms with Crippen molar-refractivity contribution in [3.8, 4) is 0 Å². The number of carboxylic acids is 2. The quantitative estimate of drug-likeness (QED) is 0.664. The number of rotatable bonds is 2. The van der Waals surface area contributed by atoms with Gasteiger partial charge in [0.05, 0.1) is 5.57 Å². The molecule has 0 saturated carbocycles. The Kier molecular flexibility index (Phi) is 2.54. The molecular weight excluding hydrogens is 180 g/mol. The lowest BCUT2D eigenvalue weighted by atomic mass is 10.2. The molecule has 1 unspecified atom stereocenters. The summed E-state index contributed by atoms with van der Waals surface area (Å²) in [7, 11) is 0. The molecule has 1 heterocycles. The Morgan fingerprint density at radius 3 is 2.58 bits per heavy atom. The predicted octanol–water partition coefficient (Wildman–Crippen LogP) is 0.711. The monoisotopic (exact) mass is 186 g/mol. The van der Waals surface area contributed by atoms with Crippen molar-refractivity contribution >= 4 is 23.7 Å². The summed E-state index contributed by atoms with van der Waals surface area (Å²) < 4.78 is 0. The minimum atomic E-state index is -1.10. The number of hydrogen-bond acceptors (Lipinski definition) is 3. The van der Waals surface area contributed by atoms with Crippen LogP contribution >= 0.6 is 11.8 Å². The van der Waals surface area contributed by atoms with Crippen molar-refractivity contribution in [1.82, 2.24) is 0 Å². The van der Waals surface area contributed by atoms with Crippen LogP contribution in [0, 0.1) is 0 Å². The Labute approximate surface area is 72.6 Å². The first-order valence-corrected chi connectivity index (χ1v) is 4.05. The molecule has 0 bridgehead atoms. The zero-order chi connectivity index (χ0) is 9.14. The number of carbonyl (C=O) groups is 2. The largest absolute Gasteiger partial charge is 0.480 e. The van der Waals surface area contributed by atoms with Crippen LogP contribution in [0.3, 0.4) is 0 Å². The van der Waals surface area contributed by atoms with Crippen LogP contribution in [0.15, 0.2) is 23.1 Å². The van der Waals surface area contributed by atoms with Gasteiger partial charge < -0.3 is 10.2 Å². The minimum Gasteiger partial charge on any atom is -0.480 e. The average molecular weight is 186 g/mol. The highest BCUT2D eigenvalue weighted by Crippen LogP contribution is 2.22. The van der Waals surface area contributed by atoms with Crippen LogP contribution < -0.4 is 0 Å². The maximum atomic E-state index is 10.4. The van der Waals surface area contributed by atoms with Crippen molar-refractivity contribution in [2.45, 2.75) is 5.25 Å². The van der Waals surface area contributed by atoms with Crippen LogP contribution in [0.5, 0.6) is 0 Å². The van der Waals surface area contributed by atoms with E-state index in [1.54, 1.807) is 0 Å². The topological polar surface area (TPSA) is 74.6 Å². The fourth-order valence-corrected chi connectivity index (χ4v) is 1.46. The third kappa shape index (κ3) is 1.88. The predicted molar refractivity (Wildman–Crippen MR) is 43.9 cm³/mol. The van der Waals surface area contributed by atoms with Crippen LogP contribution in [0.25, 0.3) is 0 Å². The maximum Gasteiger partial charge on any atom is 0.335 e. The van der Waals surface area contributed by atoms with Crippen molar-refractivity contribution in [3.63, 3.8) is 0 Å². The van der Waals surface area contributed by atoms with Gasteiger partial charge in [-0.05, 0) is 17.6 Å². The zero-order valence-electron chi connectivity index (χ0n) is 5.93. The summed E-state index contributed by atoms with van der Waals surface area (Å²) in [6.07, 6.45) is 2.60. The SMILES string of the molecule is O=C(O)C1=CC(C(=O)O)SC=C1. The smallest absolute Gasteiger partial charge is 0.335 e. The number of thioether (sulfide) groups is 1. The molecule has 1 aliphatic heterocycles. The van der Waals surface area contributed by atoms with Gasteiger partial charge >= 0.3 is 11.9 Å². The van der Waals surface area contributed by atoms with E-state index in [0.29, 0.717) is 0 Å². The molecule has 0 radical (unpaired) electrons. The normalized spacial score (nSPS) is 21.7. The molecule has 1 aliphatic rings. The summed E-state index contributed by atoms with van der Waals surface area (Å²) in [6, 6.07) is 0. The van der Waals surface area contributed by atoms with Crippen LogP contribution in [-0.4, -0.2) is 27.4 Å². The van der Waals surface area contributed by atoms with Gasteiger partial charge in [-0.2, -0.15) is 0 Å². The summed E-state index contributed by atoms with van der Waals surface area (Å²) in [5.41, 5.74) is 0.0288. The molecule has 0 amide bonds. The molecule has 1 atom stereocenters. The number of aliphatic carboxylic acids is 2. The van der Waals surface area contributed by atoms with Gasteiger partial charge in [0.1, 0.15) is 5.25 Å². The molecule has 0 aromatic rings. The Morgan fingerprint density at radius 2 is 2.08 bits per heavy atom. The Hall–Kier alpha value is -1.23. The summed E-state index contributed by atoms with van der Waals surface area (Å²) in [5, 5.41) is 17.8. The second kappa shape index (κ2) is 3.44. The second-order valence-corrected chi connectivity index (χ2v) is 3.18. The van der Waals surface area contributed by atoms with Gasteiger partial charge in [0.15, 0.2) is 0 Å². The average Bonchev–Trinajstić information content (AvgIpc) is 2.04. The van der Waals surface area contributed by atoms with E-state index in [2.05, 4.69) is 0 Å². The molecule has 0 fully saturated rings. The Morgan fingerprint density at radius 1 is 1.42 bits per heavy atom. The van der Waals surface area contributed by atoms with Gasteiger partial charge in [-0.25, -0.2) is 4.79 Å². The second-order valence-electron chi connectivity index (χ2n) is 2.12. The lowest BCUT2D eigenvalue weighted by Crippen LogP contribution is -2.16. The molecule has 0 aromatic carbocycles. The zero-order valence-corrected chi connectivity index (χ0v) is 6.75. The molecule has 2 N–H and O–H groups in total. The van der Waals surface area contributed by atoms with Gasteiger partial charge in [0, 0.05) is 0 Å². The van der Waals surface area contributed by atoms with E-state index < -0.39 is 17.2 Å². The van der Waals surface area contributed by atoms with E-state index in [1.165, 1.54) is 17.6 Å². The lowest BCUT2D eigenvalue weighted by molar-refractivity contribution is -0.135. The third-order valence-corrected chi connectivity index (χ3v) is 2.22. The van der Waals surface area contributed by atoms with E-state index in [0.717, 1.165) is 11.8 Å². The molecule has 64 valence electrons. The van der Waals surface area contributed by atoms with Crippen LogP contribution in [0.2, 0.25) is 0 Å². The van der Waals surface area contributed by atoms with E-state index >= 15 is 0 Å². The van der Waals surface area contributed by atoms with Crippen molar-refractivity contribution in [2.24, 2.45) is 0 Å². The van der Waals surface area contributed by atoms with Gasteiger partial charge in [0.25, 0.3) is 0 Å². The van der Waals surface area contributed by atoms with Crippen molar-refractivity contribution in [2.75, 3.05) is 0 Å². The number of hydrogen-bond donors (Lipinski definition) is 2. The van der Waals surface area contributed by atoms with Crippen molar-refractivity contribution in [3.05, 3.63) is 23.1 Å².